The molecule has 0 aliphatic carbocycles. The molecular weight excluding hydrogens is 395 g/mol. The van der Waals surface area contributed by atoms with Gasteiger partial charge in [-0.1, -0.05) is 46.3 Å². The molecule has 0 atom stereocenters. The second-order valence-corrected chi connectivity index (χ2v) is 7.71. The van der Waals surface area contributed by atoms with Crippen molar-refractivity contribution in [3.63, 3.8) is 0 Å². The Balaban J connectivity index is 2.41. The summed E-state index contributed by atoms with van der Waals surface area (Å²) in [4.78, 5) is -0.748. The predicted molar refractivity (Wildman–Crippen MR) is 84.2 cm³/mol. The van der Waals surface area contributed by atoms with Crippen molar-refractivity contribution in [3.05, 3.63) is 64.1 Å². The Labute approximate surface area is 140 Å². The first-order valence-electron chi connectivity index (χ1n) is 6.50. The van der Waals surface area contributed by atoms with E-state index in [2.05, 4.69) is 15.9 Å². The lowest BCUT2D eigenvalue weighted by atomic mass is 10.2. The van der Waals surface area contributed by atoms with Crippen LogP contribution in [0.2, 0.25) is 0 Å². The topological polar surface area (TPSA) is 37.4 Å². The first-order valence-corrected chi connectivity index (χ1v) is 8.73. The van der Waals surface area contributed by atoms with E-state index < -0.39 is 26.7 Å². The van der Waals surface area contributed by atoms with Gasteiger partial charge >= 0.3 is 6.18 Å². The van der Waals surface area contributed by atoms with E-state index >= 15 is 0 Å². The summed E-state index contributed by atoms with van der Waals surface area (Å²) in [6, 6.07) is 11.1. The molecule has 0 fully saturated rings. The molecule has 2 aromatic rings. The maximum Gasteiger partial charge on any atom is 0.417 e. The Morgan fingerprint density at radius 2 is 1.61 bits per heavy atom. The molecule has 0 bridgehead atoms. The molecule has 2 aromatic carbocycles. The summed E-state index contributed by atoms with van der Waals surface area (Å²) in [7, 11) is -3.02. The van der Waals surface area contributed by atoms with Gasteiger partial charge in [-0.15, -0.1) is 0 Å². The van der Waals surface area contributed by atoms with Crippen LogP contribution in [-0.2, 0) is 22.7 Å². The van der Waals surface area contributed by atoms with Gasteiger partial charge in [0.05, 0.1) is 10.5 Å². The normalized spacial score (nSPS) is 12.6. The third-order valence-corrected chi connectivity index (χ3v) is 5.87. The van der Waals surface area contributed by atoms with Gasteiger partial charge in [-0.2, -0.15) is 17.5 Å². The molecule has 0 unspecified atom stereocenters. The third kappa shape index (κ3) is 3.94. The zero-order valence-electron chi connectivity index (χ0n) is 12.0. The predicted octanol–water partition coefficient (Wildman–Crippen LogP) is 4.29. The molecule has 0 aromatic heterocycles. The number of nitrogens with zero attached hydrogens (tertiary/aromatic N) is 1. The molecule has 124 valence electrons. The maximum atomic E-state index is 13.0. The van der Waals surface area contributed by atoms with Gasteiger partial charge < -0.3 is 0 Å². The van der Waals surface area contributed by atoms with Crippen molar-refractivity contribution in [3.8, 4) is 0 Å². The molecule has 0 aliphatic heterocycles. The molecule has 0 heterocycles. The van der Waals surface area contributed by atoms with Crippen LogP contribution >= 0.6 is 15.9 Å². The minimum Gasteiger partial charge on any atom is -0.207 e. The van der Waals surface area contributed by atoms with Crippen molar-refractivity contribution in [2.24, 2.45) is 0 Å². The highest BCUT2D eigenvalue weighted by Gasteiger charge is 2.38. The summed E-state index contributed by atoms with van der Waals surface area (Å²) in [5.41, 5.74) is -0.512. The van der Waals surface area contributed by atoms with E-state index in [0.717, 1.165) is 22.5 Å². The number of benzene rings is 2. The van der Waals surface area contributed by atoms with Crippen molar-refractivity contribution in [1.29, 1.82) is 0 Å². The molecule has 8 heteroatoms. The highest BCUT2D eigenvalue weighted by molar-refractivity contribution is 9.10. The largest absolute Gasteiger partial charge is 0.417 e. The summed E-state index contributed by atoms with van der Waals surface area (Å²) in [6.45, 7) is -0.0457. The van der Waals surface area contributed by atoms with Crippen LogP contribution in [0.25, 0.3) is 0 Å². The van der Waals surface area contributed by atoms with Gasteiger partial charge in [-0.05, 0) is 23.8 Å². The van der Waals surface area contributed by atoms with Crippen LogP contribution in [0.5, 0.6) is 0 Å². The zero-order chi connectivity index (χ0) is 17.3. The number of sulfonamides is 1. The standard InChI is InChI=1S/C15H13BrF3NO2S/c1-20(10-11-6-2-4-8-13(11)16)23(21,22)14-9-5-3-7-12(14)15(17,18)19/h2-9H,10H2,1H3. The first kappa shape index (κ1) is 18.0. The Morgan fingerprint density at radius 1 is 1.04 bits per heavy atom. The lowest BCUT2D eigenvalue weighted by molar-refractivity contribution is -0.139. The fraction of sp³-hybridized carbons (Fsp3) is 0.200. The Bertz CT molecular complexity index is 806. The van der Waals surface area contributed by atoms with Crippen LogP contribution in [0.15, 0.2) is 57.9 Å². The number of alkyl halides is 3. The van der Waals surface area contributed by atoms with Gasteiger partial charge in [0.2, 0.25) is 10.0 Å². The van der Waals surface area contributed by atoms with Gasteiger partial charge in [0.25, 0.3) is 0 Å². The van der Waals surface area contributed by atoms with Crippen molar-refractivity contribution in [2.75, 3.05) is 7.05 Å². The van der Waals surface area contributed by atoms with Crippen molar-refractivity contribution >= 4 is 26.0 Å². The van der Waals surface area contributed by atoms with E-state index in [9.17, 15) is 21.6 Å². The fourth-order valence-corrected chi connectivity index (χ4v) is 3.81. The molecule has 0 radical (unpaired) electrons. The second kappa shape index (κ2) is 6.62. The van der Waals surface area contributed by atoms with Crippen LogP contribution in [0, 0.1) is 0 Å². The van der Waals surface area contributed by atoms with Crippen LogP contribution in [-0.4, -0.2) is 19.8 Å². The van der Waals surface area contributed by atoms with Crippen LogP contribution < -0.4 is 0 Å². The van der Waals surface area contributed by atoms with Gasteiger partial charge in [-0.25, -0.2) is 8.42 Å². The molecule has 0 amide bonds. The lowest BCUT2D eigenvalue weighted by Gasteiger charge is -2.20. The highest BCUT2D eigenvalue weighted by Crippen LogP contribution is 2.35. The van der Waals surface area contributed by atoms with Crippen LogP contribution in [0.3, 0.4) is 0 Å². The van der Waals surface area contributed by atoms with Gasteiger partial charge in [-0.3, -0.25) is 0 Å². The maximum absolute atomic E-state index is 13.0. The molecule has 0 N–H and O–H groups in total. The molecule has 0 spiro atoms. The highest BCUT2D eigenvalue weighted by atomic mass is 79.9. The third-order valence-electron chi connectivity index (χ3n) is 3.23. The smallest absolute Gasteiger partial charge is 0.207 e. The summed E-state index contributed by atoms with van der Waals surface area (Å²) in [5.74, 6) is 0. The minimum absolute atomic E-state index is 0.0457. The van der Waals surface area contributed by atoms with E-state index in [1.807, 2.05) is 0 Å². The van der Waals surface area contributed by atoms with Crippen molar-refractivity contribution in [1.82, 2.24) is 4.31 Å². The van der Waals surface area contributed by atoms with E-state index in [4.69, 9.17) is 0 Å². The average molecular weight is 408 g/mol. The fourth-order valence-electron chi connectivity index (χ4n) is 2.05. The summed E-state index contributed by atoms with van der Waals surface area (Å²) in [6.07, 6.45) is -4.74. The Kier molecular flexibility index (Phi) is 5.17. The SMILES string of the molecule is CN(Cc1ccccc1Br)S(=O)(=O)c1ccccc1C(F)(F)F. The number of hydrogen-bond acceptors (Lipinski definition) is 2. The van der Waals surface area contributed by atoms with Crippen LogP contribution in [0.1, 0.15) is 11.1 Å². The molecule has 23 heavy (non-hydrogen) atoms. The summed E-state index contributed by atoms with van der Waals surface area (Å²) in [5, 5.41) is 0. The van der Waals surface area contributed by atoms with Crippen LogP contribution in [0.4, 0.5) is 13.2 Å². The van der Waals surface area contributed by atoms with E-state index in [0.29, 0.717) is 10.0 Å². The molecule has 3 nitrogen and oxygen atoms in total. The number of rotatable bonds is 4. The molecule has 0 aliphatic rings. The molecular formula is C15H13BrF3NO2S. The monoisotopic (exact) mass is 407 g/mol. The van der Waals surface area contributed by atoms with Gasteiger partial charge in [0.15, 0.2) is 0 Å². The zero-order valence-corrected chi connectivity index (χ0v) is 14.4. The molecule has 2 rings (SSSR count). The van der Waals surface area contributed by atoms with E-state index in [-0.39, 0.29) is 6.54 Å². The van der Waals surface area contributed by atoms with Crippen molar-refractivity contribution < 1.29 is 21.6 Å². The quantitative estimate of drug-likeness (QED) is 0.757. The Hall–Kier alpha value is -1.38. The van der Waals surface area contributed by atoms with E-state index in [1.54, 1.807) is 24.3 Å². The lowest BCUT2D eigenvalue weighted by Crippen LogP contribution is -2.28. The number of halogens is 4. The van der Waals surface area contributed by atoms with Gasteiger partial charge in [0.1, 0.15) is 0 Å². The summed E-state index contributed by atoms with van der Waals surface area (Å²) >= 11 is 3.29. The second-order valence-electron chi connectivity index (χ2n) is 4.85. The van der Waals surface area contributed by atoms with Gasteiger partial charge in [0, 0.05) is 18.1 Å². The molecule has 0 saturated heterocycles. The Morgan fingerprint density at radius 3 is 2.22 bits per heavy atom. The average Bonchev–Trinajstić information content (AvgIpc) is 2.48. The van der Waals surface area contributed by atoms with E-state index in [1.165, 1.54) is 13.1 Å². The first-order chi connectivity index (χ1) is 10.6. The molecule has 0 saturated carbocycles. The minimum atomic E-state index is -4.74. The van der Waals surface area contributed by atoms with Crippen molar-refractivity contribution in [2.45, 2.75) is 17.6 Å². The summed E-state index contributed by atoms with van der Waals surface area (Å²) < 4.78 is 65.8. The number of hydrogen-bond donors (Lipinski definition) is 0.